The van der Waals surface area contributed by atoms with Crippen LogP contribution in [0.15, 0.2) is 0 Å². The van der Waals surface area contributed by atoms with Crippen LogP contribution in [0.2, 0.25) is 0 Å². The fourth-order valence-corrected chi connectivity index (χ4v) is 1.03. The summed E-state index contributed by atoms with van der Waals surface area (Å²) < 4.78 is 20.0. The Hall–Kier alpha value is -0.320. The van der Waals surface area contributed by atoms with Crippen LogP contribution in [0.5, 0.6) is 0 Å². The monoisotopic (exact) mass is 328 g/mol. The molecule has 0 amide bonds. The van der Waals surface area contributed by atoms with Crippen LogP contribution in [-0.2, 0) is 18.9 Å². The molecule has 22 heavy (non-hydrogen) atoms. The van der Waals surface area contributed by atoms with Crippen molar-refractivity contribution in [1.82, 2.24) is 0 Å². The van der Waals surface area contributed by atoms with Gasteiger partial charge in [-0.2, -0.15) is 0 Å². The van der Waals surface area contributed by atoms with E-state index in [1.54, 1.807) is 13.8 Å². The van der Waals surface area contributed by atoms with Gasteiger partial charge in [-0.3, -0.25) is 0 Å². The first-order valence-electron chi connectivity index (χ1n) is 7.43. The Kier molecular flexibility index (Phi) is 22.5. The normalized spacial score (nSPS) is 13.4. The van der Waals surface area contributed by atoms with Crippen molar-refractivity contribution in [2.75, 3.05) is 66.1 Å². The minimum Gasteiger partial charge on any atom is -0.394 e. The van der Waals surface area contributed by atoms with Gasteiger partial charge < -0.3 is 39.4 Å². The third kappa shape index (κ3) is 24.7. The molecule has 0 aromatic rings. The maximum atomic E-state index is 8.69. The highest BCUT2D eigenvalue weighted by Gasteiger charge is 2.00. The van der Waals surface area contributed by atoms with E-state index in [1.165, 1.54) is 0 Å². The molecule has 136 valence electrons. The highest BCUT2D eigenvalue weighted by molar-refractivity contribution is 4.47. The molecule has 0 saturated carbocycles. The molecule has 8 nitrogen and oxygen atoms in total. The summed E-state index contributed by atoms with van der Waals surface area (Å²) in [6.45, 7) is 6.46. The molecule has 0 spiro atoms. The lowest BCUT2D eigenvalue weighted by Gasteiger charge is -2.10. The molecule has 0 fully saturated rings. The number of rotatable bonds is 14. The Bertz CT molecular complexity index is 182. The third-order valence-electron chi connectivity index (χ3n) is 2.09. The molecular formula is C14H32O8. The Balaban J connectivity index is 0. The second-order valence-electron chi connectivity index (χ2n) is 4.46. The van der Waals surface area contributed by atoms with E-state index in [9.17, 15) is 0 Å². The van der Waals surface area contributed by atoms with Crippen molar-refractivity contribution in [2.24, 2.45) is 0 Å². The first-order valence-corrected chi connectivity index (χ1v) is 7.43. The van der Waals surface area contributed by atoms with Crippen LogP contribution in [0.1, 0.15) is 13.8 Å². The SMILES string of the molecule is CC(O)COC(C)CO.OCCOCCOCCOCCO. The molecule has 2 atom stereocenters. The Morgan fingerprint density at radius 3 is 1.45 bits per heavy atom. The average Bonchev–Trinajstić information content (AvgIpc) is 2.51. The smallest absolute Gasteiger partial charge is 0.0779 e. The van der Waals surface area contributed by atoms with Gasteiger partial charge in [-0.15, -0.1) is 0 Å². The van der Waals surface area contributed by atoms with Crippen LogP contribution < -0.4 is 0 Å². The van der Waals surface area contributed by atoms with Gasteiger partial charge in [0.05, 0.1) is 78.3 Å². The van der Waals surface area contributed by atoms with Crippen molar-refractivity contribution >= 4 is 0 Å². The molecule has 0 radical (unpaired) electrons. The van der Waals surface area contributed by atoms with E-state index < -0.39 is 6.10 Å². The summed E-state index contributed by atoms with van der Waals surface area (Å²) in [4.78, 5) is 0. The molecule has 0 aliphatic carbocycles. The molecule has 0 bridgehead atoms. The summed E-state index contributed by atoms with van der Waals surface area (Å²) in [6, 6.07) is 0. The lowest BCUT2D eigenvalue weighted by molar-refractivity contribution is -0.0177. The van der Waals surface area contributed by atoms with E-state index in [0.717, 1.165) is 0 Å². The van der Waals surface area contributed by atoms with Crippen LogP contribution >= 0.6 is 0 Å². The predicted octanol–water partition coefficient (Wildman–Crippen LogP) is -1.21. The van der Waals surface area contributed by atoms with E-state index in [2.05, 4.69) is 0 Å². The molecule has 0 aliphatic rings. The fourth-order valence-electron chi connectivity index (χ4n) is 1.03. The summed E-state index contributed by atoms with van der Waals surface area (Å²) in [5, 5.41) is 33.8. The molecule has 0 rings (SSSR count). The lowest BCUT2D eigenvalue weighted by atomic mass is 10.4. The van der Waals surface area contributed by atoms with Gasteiger partial charge in [-0.25, -0.2) is 0 Å². The predicted molar refractivity (Wildman–Crippen MR) is 80.8 cm³/mol. The van der Waals surface area contributed by atoms with Crippen LogP contribution in [0, 0.1) is 0 Å². The van der Waals surface area contributed by atoms with Gasteiger partial charge in [0, 0.05) is 0 Å². The standard InChI is InChI=1S/C8H18O5.C6H14O3/c9-1-3-11-5-7-13-8-6-12-4-2-10;1-5(8)4-9-6(2)3-7/h9-10H,1-8H2;5-8H,3-4H2,1-2H3. The van der Waals surface area contributed by atoms with Gasteiger partial charge in [-0.05, 0) is 13.8 Å². The molecule has 0 heterocycles. The van der Waals surface area contributed by atoms with Crippen molar-refractivity contribution in [3.63, 3.8) is 0 Å². The van der Waals surface area contributed by atoms with Gasteiger partial charge in [0.25, 0.3) is 0 Å². The maximum Gasteiger partial charge on any atom is 0.0779 e. The van der Waals surface area contributed by atoms with Gasteiger partial charge in [0.2, 0.25) is 0 Å². The van der Waals surface area contributed by atoms with Crippen molar-refractivity contribution in [1.29, 1.82) is 0 Å². The zero-order valence-electron chi connectivity index (χ0n) is 13.6. The van der Waals surface area contributed by atoms with E-state index in [1.807, 2.05) is 0 Å². The summed E-state index contributed by atoms with van der Waals surface area (Å²) in [5.41, 5.74) is 0. The van der Waals surface area contributed by atoms with E-state index in [0.29, 0.717) is 46.2 Å². The van der Waals surface area contributed by atoms with Crippen LogP contribution in [0.4, 0.5) is 0 Å². The van der Waals surface area contributed by atoms with Gasteiger partial charge in [0.1, 0.15) is 0 Å². The largest absolute Gasteiger partial charge is 0.394 e. The molecule has 0 aromatic heterocycles. The molecule has 8 heteroatoms. The maximum absolute atomic E-state index is 8.69. The minimum absolute atomic E-state index is 0.00667. The number of hydrogen-bond acceptors (Lipinski definition) is 8. The first kappa shape index (κ1) is 23.9. The third-order valence-corrected chi connectivity index (χ3v) is 2.09. The highest BCUT2D eigenvalue weighted by Crippen LogP contribution is 1.90. The van der Waals surface area contributed by atoms with Crippen molar-refractivity contribution in [3.8, 4) is 0 Å². The summed E-state index contributed by atoms with van der Waals surface area (Å²) >= 11 is 0. The number of hydrogen-bond donors (Lipinski definition) is 4. The molecule has 0 saturated heterocycles. The number of aliphatic hydroxyl groups is 4. The van der Waals surface area contributed by atoms with Crippen LogP contribution in [0.3, 0.4) is 0 Å². The average molecular weight is 328 g/mol. The lowest BCUT2D eigenvalue weighted by Crippen LogP contribution is -2.19. The quantitative estimate of drug-likeness (QED) is 0.293. The van der Waals surface area contributed by atoms with E-state index in [4.69, 9.17) is 39.4 Å². The second kappa shape index (κ2) is 20.7. The van der Waals surface area contributed by atoms with E-state index in [-0.39, 0.29) is 25.9 Å². The number of aliphatic hydroxyl groups excluding tert-OH is 4. The highest BCUT2D eigenvalue weighted by atomic mass is 16.5. The van der Waals surface area contributed by atoms with Crippen molar-refractivity contribution < 1.29 is 39.4 Å². The Labute approximate surface area is 132 Å². The van der Waals surface area contributed by atoms with Gasteiger partial charge >= 0.3 is 0 Å². The van der Waals surface area contributed by atoms with Crippen LogP contribution in [0.25, 0.3) is 0 Å². The summed E-state index contributed by atoms with van der Waals surface area (Å²) in [5.74, 6) is 0. The summed E-state index contributed by atoms with van der Waals surface area (Å²) in [6.07, 6.45) is -0.612. The number of ether oxygens (including phenoxy) is 4. The summed E-state index contributed by atoms with van der Waals surface area (Å²) in [7, 11) is 0. The molecule has 0 aromatic carbocycles. The van der Waals surface area contributed by atoms with Crippen molar-refractivity contribution in [3.05, 3.63) is 0 Å². The van der Waals surface area contributed by atoms with Crippen LogP contribution in [-0.4, -0.2) is 98.7 Å². The molecule has 0 aliphatic heterocycles. The van der Waals surface area contributed by atoms with Crippen molar-refractivity contribution in [2.45, 2.75) is 26.1 Å². The minimum atomic E-state index is -0.445. The molecule has 2 unspecified atom stereocenters. The topological polar surface area (TPSA) is 118 Å². The van der Waals surface area contributed by atoms with Gasteiger partial charge in [-0.1, -0.05) is 0 Å². The first-order chi connectivity index (χ1) is 10.6. The molecular weight excluding hydrogens is 296 g/mol. The zero-order chi connectivity index (χ0) is 17.1. The Morgan fingerprint density at radius 2 is 1.14 bits per heavy atom. The zero-order valence-corrected chi connectivity index (χ0v) is 13.6. The van der Waals surface area contributed by atoms with Gasteiger partial charge in [0.15, 0.2) is 0 Å². The van der Waals surface area contributed by atoms with E-state index >= 15 is 0 Å². The Morgan fingerprint density at radius 1 is 0.727 bits per heavy atom. The fraction of sp³-hybridized carbons (Fsp3) is 1.00. The second-order valence-corrected chi connectivity index (χ2v) is 4.46. The molecule has 4 N–H and O–H groups in total.